The Labute approximate surface area is 115 Å². The summed E-state index contributed by atoms with van der Waals surface area (Å²) in [7, 11) is 0. The first-order valence-corrected chi connectivity index (χ1v) is 8.13. The number of ether oxygens (including phenoxy) is 1. The summed E-state index contributed by atoms with van der Waals surface area (Å²) in [5, 5.41) is 3.36. The van der Waals surface area contributed by atoms with Crippen molar-refractivity contribution < 1.29 is 4.74 Å². The number of hydrogen-bond donors (Lipinski definition) is 1. The Morgan fingerprint density at radius 3 is 2.33 bits per heavy atom. The second kappa shape index (κ2) is 15.0. The van der Waals surface area contributed by atoms with E-state index in [1.165, 1.54) is 64.3 Å². The molecule has 0 spiro atoms. The lowest BCUT2D eigenvalue weighted by atomic mass is 10.1. The van der Waals surface area contributed by atoms with Gasteiger partial charge in [0.15, 0.2) is 0 Å². The number of unbranched alkanes of at least 4 members (excludes halogenated alkanes) is 6. The van der Waals surface area contributed by atoms with Gasteiger partial charge in [0.1, 0.15) is 0 Å². The van der Waals surface area contributed by atoms with Crippen LogP contribution in [0.4, 0.5) is 0 Å². The van der Waals surface area contributed by atoms with E-state index in [9.17, 15) is 0 Å². The minimum Gasteiger partial charge on any atom is -0.379 e. The fourth-order valence-corrected chi connectivity index (χ4v) is 2.11. The smallest absolute Gasteiger partial charge is 0.0547 e. The van der Waals surface area contributed by atoms with Crippen LogP contribution in [0.3, 0.4) is 0 Å². The third kappa shape index (κ3) is 14.0. The monoisotopic (exact) mass is 257 g/mol. The number of nitrogens with one attached hydrogen (secondary N) is 1. The molecule has 0 saturated carbocycles. The first-order valence-electron chi connectivity index (χ1n) is 8.13. The van der Waals surface area contributed by atoms with Crippen molar-refractivity contribution in [3.05, 3.63) is 0 Å². The third-order valence-electron chi connectivity index (χ3n) is 3.36. The highest BCUT2D eigenvalue weighted by atomic mass is 16.5. The van der Waals surface area contributed by atoms with E-state index in [2.05, 4.69) is 26.1 Å². The van der Waals surface area contributed by atoms with Gasteiger partial charge in [0, 0.05) is 6.61 Å². The average Bonchev–Trinajstić information content (AvgIpc) is 2.38. The van der Waals surface area contributed by atoms with Gasteiger partial charge >= 0.3 is 0 Å². The summed E-state index contributed by atoms with van der Waals surface area (Å²) in [6.07, 6.45) is 12.3. The van der Waals surface area contributed by atoms with Crippen molar-refractivity contribution in [2.24, 2.45) is 0 Å². The van der Waals surface area contributed by atoms with E-state index in [1.807, 2.05) is 0 Å². The van der Waals surface area contributed by atoms with Crippen LogP contribution in [0, 0.1) is 0 Å². The first-order chi connectivity index (χ1) is 8.81. The van der Waals surface area contributed by atoms with Crippen molar-refractivity contribution in [1.29, 1.82) is 0 Å². The van der Waals surface area contributed by atoms with E-state index in [0.717, 1.165) is 13.2 Å². The molecule has 0 rings (SSSR count). The Hall–Kier alpha value is -0.0800. The second-order valence-electron chi connectivity index (χ2n) is 5.30. The molecule has 0 aromatic heterocycles. The summed E-state index contributed by atoms with van der Waals surface area (Å²) < 4.78 is 5.83. The fourth-order valence-electron chi connectivity index (χ4n) is 2.11. The normalized spacial score (nSPS) is 12.8. The van der Waals surface area contributed by atoms with Gasteiger partial charge in [-0.25, -0.2) is 0 Å². The second-order valence-corrected chi connectivity index (χ2v) is 5.30. The molecule has 1 unspecified atom stereocenters. The van der Waals surface area contributed by atoms with E-state index in [4.69, 9.17) is 4.74 Å². The molecular weight excluding hydrogens is 222 g/mol. The molecular formula is C16H35NO. The van der Waals surface area contributed by atoms with Gasteiger partial charge in [-0.1, -0.05) is 52.4 Å². The van der Waals surface area contributed by atoms with E-state index in [1.54, 1.807) is 0 Å². The topological polar surface area (TPSA) is 21.3 Å². The Morgan fingerprint density at radius 2 is 1.61 bits per heavy atom. The highest BCUT2D eigenvalue weighted by Gasteiger charge is 2.01. The Balaban J connectivity index is 3.08. The molecule has 0 fully saturated rings. The van der Waals surface area contributed by atoms with E-state index in [0.29, 0.717) is 6.10 Å². The van der Waals surface area contributed by atoms with E-state index in [-0.39, 0.29) is 0 Å². The molecule has 0 aromatic rings. The van der Waals surface area contributed by atoms with Crippen LogP contribution in [-0.4, -0.2) is 25.8 Å². The molecule has 2 nitrogen and oxygen atoms in total. The van der Waals surface area contributed by atoms with Gasteiger partial charge < -0.3 is 10.1 Å². The highest BCUT2D eigenvalue weighted by Crippen LogP contribution is 2.09. The molecule has 1 atom stereocenters. The van der Waals surface area contributed by atoms with Gasteiger partial charge in [0.05, 0.1) is 6.10 Å². The fraction of sp³-hybridized carbons (Fsp3) is 1.00. The van der Waals surface area contributed by atoms with Crippen LogP contribution in [-0.2, 0) is 4.74 Å². The van der Waals surface area contributed by atoms with Crippen molar-refractivity contribution in [3.63, 3.8) is 0 Å². The minimum atomic E-state index is 0.462. The third-order valence-corrected chi connectivity index (χ3v) is 3.36. The molecule has 0 saturated heterocycles. The quantitative estimate of drug-likeness (QED) is 0.462. The lowest BCUT2D eigenvalue weighted by molar-refractivity contribution is 0.0557. The maximum Gasteiger partial charge on any atom is 0.0547 e. The van der Waals surface area contributed by atoms with Crippen LogP contribution in [0.5, 0.6) is 0 Å². The molecule has 0 aromatic carbocycles. The standard InChI is InChI=1S/C16H35NO/c1-4-6-7-10-13-16(3)18-15-12-9-8-11-14-17-5-2/h16-17H,4-15H2,1-3H3. The van der Waals surface area contributed by atoms with Crippen LogP contribution in [0.25, 0.3) is 0 Å². The summed E-state index contributed by atoms with van der Waals surface area (Å²) >= 11 is 0. The van der Waals surface area contributed by atoms with Crippen molar-refractivity contribution >= 4 is 0 Å². The zero-order valence-electron chi connectivity index (χ0n) is 13.0. The molecule has 0 heterocycles. The van der Waals surface area contributed by atoms with Gasteiger partial charge in [-0.05, 0) is 39.3 Å². The molecule has 0 amide bonds. The summed E-state index contributed by atoms with van der Waals surface area (Å²) in [6.45, 7) is 9.86. The Bertz CT molecular complexity index is 150. The lowest BCUT2D eigenvalue weighted by Gasteiger charge is -2.12. The molecule has 110 valence electrons. The van der Waals surface area contributed by atoms with Crippen molar-refractivity contribution in [2.45, 2.75) is 84.7 Å². The summed E-state index contributed by atoms with van der Waals surface area (Å²) in [5.74, 6) is 0. The zero-order valence-corrected chi connectivity index (χ0v) is 13.0. The predicted octanol–water partition coefficient (Wildman–Crippen LogP) is 4.53. The Morgan fingerprint density at radius 1 is 0.889 bits per heavy atom. The van der Waals surface area contributed by atoms with Crippen molar-refractivity contribution in [2.75, 3.05) is 19.7 Å². The minimum absolute atomic E-state index is 0.462. The number of rotatable bonds is 14. The van der Waals surface area contributed by atoms with Crippen molar-refractivity contribution in [3.8, 4) is 0 Å². The van der Waals surface area contributed by atoms with Gasteiger partial charge in [-0.3, -0.25) is 0 Å². The summed E-state index contributed by atoms with van der Waals surface area (Å²) in [4.78, 5) is 0. The van der Waals surface area contributed by atoms with Crippen LogP contribution in [0.1, 0.15) is 78.6 Å². The molecule has 0 aliphatic rings. The zero-order chi connectivity index (χ0) is 13.5. The highest BCUT2D eigenvalue weighted by molar-refractivity contribution is 4.52. The van der Waals surface area contributed by atoms with Crippen LogP contribution in [0.15, 0.2) is 0 Å². The van der Waals surface area contributed by atoms with Gasteiger partial charge in [-0.2, -0.15) is 0 Å². The van der Waals surface area contributed by atoms with Gasteiger partial charge in [0.25, 0.3) is 0 Å². The average molecular weight is 257 g/mol. The molecule has 0 aliphatic carbocycles. The van der Waals surface area contributed by atoms with Gasteiger partial charge in [0.2, 0.25) is 0 Å². The maximum absolute atomic E-state index is 5.83. The Kier molecular flexibility index (Phi) is 14.9. The molecule has 0 radical (unpaired) electrons. The maximum atomic E-state index is 5.83. The summed E-state index contributed by atoms with van der Waals surface area (Å²) in [5.41, 5.74) is 0. The number of hydrogen-bond acceptors (Lipinski definition) is 2. The molecule has 0 bridgehead atoms. The van der Waals surface area contributed by atoms with Crippen LogP contribution >= 0.6 is 0 Å². The van der Waals surface area contributed by atoms with E-state index < -0.39 is 0 Å². The SMILES string of the molecule is CCCCCCC(C)OCCCCCCNCC. The lowest BCUT2D eigenvalue weighted by Crippen LogP contribution is -2.13. The molecule has 18 heavy (non-hydrogen) atoms. The van der Waals surface area contributed by atoms with Gasteiger partial charge in [-0.15, -0.1) is 0 Å². The molecule has 2 heteroatoms. The van der Waals surface area contributed by atoms with Crippen molar-refractivity contribution in [1.82, 2.24) is 5.32 Å². The first kappa shape index (κ1) is 17.9. The largest absolute Gasteiger partial charge is 0.379 e. The molecule has 0 aliphatic heterocycles. The molecule has 1 N–H and O–H groups in total. The summed E-state index contributed by atoms with van der Waals surface area (Å²) in [6, 6.07) is 0. The van der Waals surface area contributed by atoms with E-state index >= 15 is 0 Å². The van der Waals surface area contributed by atoms with Crippen LogP contribution in [0.2, 0.25) is 0 Å². The van der Waals surface area contributed by atoms with Crippen LogP contribution < -0.4 is 5.32 Å². The predicted molar refractivity (Wildman–Crippen MR) is 81.2 cm³/mol.